The molecule has 0 radical (unpaired) electrons. The minimum absolute atomic E-state index is 0.0560. The quantitative estimate of drug-likeness (QED) is 0.566. The molecule has 0 fully saturated rings. The van der Waals surface area contributed by atoms with E-state index in [0.717, 1.165) is 28.3 Å². The molecule has 1 aliphatic rings. The van der Waals surface area contributed by atoms with Crippen LogP contribution in [0.2, 0.25) is 5.02 Å². The fourth-order valence-corrected chi connectivity index (χ4v) is 4.09. The second-order valence-electron chi connectivity index (χ2n) is 7.31. The van der Waals surface area contributed by atoms with E-state index in [1.807, 2.05) is 48.5 Å². The summed E-state index contributed by atoms with van der Waals surface area (Å²) in [5, 5.41) is 11.7. The molecule has 0 unspecified atom stereocenters. The molecular formula is C24H19ClFNO4. The van der Waals surface area contributed by atoms with Crippen molar-refractivity contribution in [1.82, 2.24) is 5.32 Å². The maximum absolute atomic E-state index is 13.3. The van der Waals surface area contributed by atoms with Gasteiger partial charge in [0, 0.05) is 12.3 Å². The van der Waals surface area contributed by atoms with Crippen molar-refractivity contribution < 1.29 is 23.8 Å². The molecule has 0 saturated heterocycles. The molecular weight excluding hydrogens is 421 g/mol. The van der Waals surface area contributed by atoms with Gasteiger partial charge in [0.15, 0.2) is 0 Å². The monoisotopic (exact) mass is 439 g/mol. The zero-order chi connectivity index (χ0) is 22.0. The Morgan fingerprint density at radius 2 is 1.65 bits per heavy atom. The van der Waals surface area contributed by atoms with Gasteiger partial charge in [-0.15, -0.1) is 0 Å². The van der Waals surface area contributed by atoms with Crippen LogP contribution in [-0.2, 0) is 16.0 Å². The van der Waals surface area contributed by atoms with Crippen LogP contribution in [0.1, 0.15) is 22.6 Å². The first-order valence-electron chi connectivity index (χ1n) is 9.72. The second kappa shape index (κ2) is 8.78. The fraction of sp³-hybridized carbons (Fsp3) is 0.167. The molecule has 2 N–H and O–H groups in total. The molecule has 0 heterocycles. The molecule has 3 aromatic rings. The molecule has 0 aromatic heterocycles. The molecule has 4 rings (SSSR count). The minimum Gasteiger partial charge on any atom is -0.480 e. The summed E-state index contributed by atoms with van der Waals surface area (Å²) in [7, 11) is 0. The first-order valence-corrected chi connectivity index (χ1v) is 10.1. The Balaban J connectivity index is 1.43. The largest absolute Gasteiger partial charge is 0.480 e. The molecule has 5 nitrogen and oxygen atoms in total. The molecule has 158 valence electrons. The van der Waals surface area contributed by atoms with E-state index in [1.54, 1.807) is 0 Å². The Morgan fingerprint density at radius 3 is 2.23 bits per heavy atom. The fourth-order valence-electron chi connectivity index (χ4n) is 3.88. The average molecular weight is 440 g/mol. The number of hydrogen-bond acceptors (Lipinski definition) is 3. The maximum Gasteiger partial charge on any atom is 0.407 e. The van der Waals surface area contributed by atoms with Crippen molar-refractivity contribution in [2.45, 2.75) is 18.4 Å². The Kier molecular flexibility index (Phi) is 5.91. The van der Waals surface area contributed by atoms with E-state index in [1.165, 1.54) is 12.1 Å². The number of aliphatic carboxylic acids is 1. The van der Waals surface area contributed by atoms with Crippen molar-refractivity contribution in [2.75, 3.05) is 6.61 Å². The van der Waals surface area contributed by atoms with Gasteiger partial charge in [-0.25, -0.2) is 14.0 Å². The van der Waals surface area contributed by atoms with Gasteiger partial charge in [0.1, 0.15) is 18.5 Å². The third-order valence-electron chi connectivity index (χ3n) is 5.36. The van der Waals surface area contributed by atoms with E-state index in [2.05, 4.69) is 5.32 Å². The molecule has 1 atom stereocenters. The van der Waals surface area contributed by atoms with Crippen molar-refractivity contribution in [1.29, 1.82) is 0 Å². The first kappa shape index (κ1) is 20.9. The van der Waals surface area contributed by atoms with E-state index < -0.39 is 23.9 Å². The van der Waals surface area contributed by atoms with Crippen LogP contribution in [0.4, 0.5) is 9.18 Å². The number of carbonyl (C=O) groups excluding carboxylic acids is 1. The van der Waals surface area contributed by atoms with Crippen LogP contribution in [-0.4, -0.2) is 29.8 Å². The number of amides is 1. The first-order chi connectivity index (χ1) is 14.9. The molecule has 0 aliphatic heterocycles. The highest BCUT2D eigenvalue weighted by Crippen LogP contribution is 2.44. The highest BCUT2D eigenvalue weighted by atomic mass is 35.5. The Labute approximate surface area is 183 Å². The summed E-state index contributed by atoms with van der Waals surface area (Å²) < 4.78 is 18.7. The Bertz CT molecular complexity index is 1100. The number of carbonyl (C=O) groups is 2. The number of fused-ring (bicyclic) bond motifs is 3. The maximum atomic E-state index is 13.3. The van der Waals surface area contributed by atoms with Crippen LogP contribution in [0.5, 0.6) is 0 Å². The van der Waals surface area contributed by atoms with Crippen molar-refractivity contribution in [3.8, 4) is 11.1 Å². The van der Waals surface area contributed by atoms with Gasteiger partial charge in [0.2, 0.25) is 0 Å². The lowest BCUT2D eigenvalue weighted by atomic mass is 9.98. The van der Waals surface area contributed by atoms with E-state index in [0.29, 0.717) is 5.56 Å². The van der Waals surface area contributed by atoms with Crippen molar-refractivity contribution in [3.05, 3.63) is 94.3 Å². The summed E-state index contributed by atoms with van der Waals surface area (Å²) in [5.74, 6) is -1.95. The van der Waals surface area contributed by atoms with E-state index in [9.17, 15) is 19.1 Å². The second-order valence-corrected chi connectivity index (χ2v) is 7.72. The number of benzene rings is 3. The number of nitrogens with one attached hydrogen (secondary N) is 1. The van der Waals surface area contributed by atoms with Crippen molar-refractivity contribution in [2.24, 2.45) is 0 Å². The third kappa shape index (κ3) is 4.39. The van der Waals surface area contributed by atoms with Crippen molar-refractivity contribution >= 4 is 23.7 Å². The van der Waals surface area contributed by atoms with Gasteiger partial charge in [0.25, 0.3) is 0 Å². The topological polar surface area (TPSA) is 75.6 Å². The number of carboxylic acid groups (broad SMARTS) is 1. The molecule has 0 spiro atoms. The molecule has 31 heavy (non-hydrogen) atoms. The Hall–Kier alpha value is -3.38. The predicted octanol–water partition coefficient (Wildman–Crippen LogP) is 5.01. The zero-order valence-corrected chi connectivity index (χ0v) is 17.1. The summed E-state index contributed by atoms with van der Waals surface area (Å²) in [5.41, 5.74) is 4.81. The van der Waals surface area contributed by atoms with Gasteiger partial charge in [-0.3, -0.25) is 0 Å². The lowest BCUT2D eigenvalue weighted by Gasteiger charge is -2.17. The average Bonchev–Trinajstić information content (AvgIpc) is 3.08. The van der Waals surface area contributed by atoms with Gasteiger partial charge in [-0.2, -0.15) is 0 Å². The number of carboxylic acids is 1. The molecule has 3 aromatic carbocycles. The van der Waals surface area contributed by atoms with Gasteiger partial charge in [-0.05, 0) is 39.9 Å². The third-order valence-corrected chi connectivity index (χ3v) is 5.65. The SMILES string of the molecule is O=C(N[C@H](Cc1ccc(F)c(Cl)c1)C(=O)O)OCC1c2ccccc2-c2ccccc21. The predicted molar refractivity (Wildman–Crippen MR) is 115 cm³/mol. The van der Waals surface area contributed by atoms with E-state index in [-0.39, 0.29) is 24.0 Å². The lowest BCUT2D eigenvalue weighted by molar-refractivity contribution is -0.139. The molecule has 0 saturated carbocycles. The highest BCUT2D eigenvalue weighted by molar-refractivity contribution is 6.30. The summed E-state index contributed by atoms with van der Waals surface area (Å²) in [4.78, 5) is 24.0. The van der Waals surface area contributed by atoms with E-state index in [4.69, 9.17) is 16.3 Å². The highest BCUT2D eigenvalue weighted by Gasteiger charge is 2.29. The number of rotatable bonds is 6. The minimum atomic E-state index is -1.24. The number of halogens is 2. The molecule has 1 amide bonds. The van der Waals surface area contributed by atoms with Crippen LogP contribution in [0.15, 0.2) is 66.7 Å². The van der Waals surface area contributed by atoms with Crippen LogP contribution < -0.4 is 5.32 Å². The molecule has 1 aliphatic carbocycles. The van der Waals surface area contributed by atoms with Crippen LogP contribution in [0, 0.1) is 5.82 Å². The molecule has 0 bridgehead atoms. The standard InChI is InChI=1S/C24H19ClFNO4/c25-20-11-14(9-10-21(20)26)12-22(23(28)29)27-24(30)31-13-19-17-7-3-1-5-15(17)16-6-2-4-8-18(16)19/h1-11,19,22H,12-13H2,(H,27,30)(H,28,29)/t22-/m1/s1. The smallest absolute Gasteiger partial charge is 0.407 e. The summed E-state index contributed by atoms with van der Waals surface area (Å²) in [6.45, 7) is 0.0780. The number of alkyl carbamates (subject to hydrolysis) is 1. The lowest BCUT2D eigenvalue weighted by Crippen LogP contribution is -2.42. The van der Waals surface area contributed by atoms with Gasteiger partial charge in [-0.1, -0.05) is 66.2 Å². The van der Waals surface area contributed by atoms with Crippen molar-refractivity contribution in [3.63, 3.8) is 0 Å². The normalized spacial score (nSPS) is 13.2. The summed E-state index contributed by atoms with van der Waals surface area (Å²) in [6, 6.07) is 18.5. The van der Waals surface area contributed by atoms with Gasteiger partial charge in [0.05, 0.1) is 5.02 Å². The number of ether oxygens (including phenoxy) is 1. The van der Waals surface area contributed by atoms with Crippen LogP contribution in [0.3, 0.4) is 0 Å². The van der Waals surface area contributed by atoms with E-state index >= 15 is 0 Å². The van der Waals surface area contributed by atoms with Gasteiger partial charge < -0.3 is 15.2 Å². The Morgan fingerprint density at radius 1 is 1.03 bits per heavy atom. The summed E-state index contributed by atoms with van der Waals surface area (Å²) in [6.07, 6.45) is -0.887. The van der Waals surface area contributed by atoms with Crippen LogP contribution in [0.25, 0.3) is 11.1 Å². The molecule has 7 heteroatoms. The van der Waals surface area contributed by atoms with Crippen LogP contribution >= 0.6 is 11.6 Å². The van der Waals surface area contributed by atoms with Gasteiger partial charge >= 0.3 is 12.1 Å². The number of hydrogen-bond donors (Lipinski definition) is 2. The summed E-state index contributed by atoms with van der Waals surface area (Å²) >= 11 is 5.75. The zero-order valence-electron chi connectivity index (χ0n) is 16.3.